The van der Waals surface area contributed by atoms with Crippen LogP contribution in [0.3, 0.4) is 0 Å². The lowest BCUT2D eigenvalue weighted by Gasteiger charge is -2.06. The van der Waals surface area contributed by atoms with Gasteiger partial charge in [-0.1, -0.05) is 24.3 Å². The largest absolute Gasteiger partial charge is 0.335 e. The maximum Gasteiger partial charge on any atom is 0.140 e. The van der Waals surface area contributed by atoms with Gasteiger partial charge in [0, 0.05) is 25.4 Å². The molecule has 0 N–H and O–H groups in total. The van der Waals surface area contributed by atoms with Gasteiger partial charge in [-0.15, -0.1) is 0 Å². The number of aromatic nitrogens is 2. The van der Waals surface area contributed by atoms with Gasteiger partial charge in [-0.3, -0.25) is 4.79 Å². The summed E-state index contributed by atoms with van der Waals surface area (Å²) in [4.78, 5) is 16.3. The lowest BCUT2D eigenvalue weighted by molar-refractivity contribution is -0.118. The van der Waals surface area contributed by atoms with E-state index in [-0.39, 0.29) is 5.78 Å². The Kier molecular flexibility index (Phi) is 4.50. The number of Topliss-reactive ketones (excluding diaryl/α,β-unsaturated/α-hetero) is 1. The molecule has 19 heavy (non-hydrogen) atoms. The van der Waals surface area contributed by atoms with Crippen LogP contribution < -0.4 is 0 Å². The van der Waals surface area contributed by atoms with Crippen molar-refractivity contribution in [3.8, 4) is 0 Å². The molecule has 0 fully saturated rings. The minimum absolute atomic E-state index is 0.254. The van der Waals surface area contributed by atoms with Crippen molar-refractivity contribution in [2.45, 2.75) is 39.7 Å². The van der Waals surface area contributed by atoms with Crippen LogP contribution in [0.4, 0.5) is 0 Å². The highest BCUT2D eigenvalue weighted by molar-refractivity contribution is 5.80. The molecular formula is C16H20N2O. The summed E-state index contributed by atoms with van der Waals surface area (Å²) < 4.78 is 2.02. The third-order valence-electron chi connectivity index (χ3n) is 3.43. The van der Waals surface area contributed by atoms with Crippen molar-refractivity contribution in [3.63, 3.8) is 0 Å². The topological polar surface area (TPSA) is 34.9 Å². The predicted molar refractivity (Wildman–Crippen MR) is 76.1 cm³/mol. The van der Waals surface area contributed by atoms with E-state index >= 15 is 0 Å². The first-order valence-corrected chi connectivity index (χ1v) is 6.77. The van der Waals surface area contributed by atoms with Crippen molar-refractivity contribution in [1.82, 2.24) is 9.55 Å². The average molecular weight is 256 g/mol. The van der Waals surface area contributed by atoms with Crippen molar-refractivity contribution in [2.75, 3.05) is 0 Å². The number of nitrogens with zero attached hydrogens (tertiary/aromatic N) is 2. The van der Waals surface area contributed by atoms with Crippen molar-refractivity contribution in [2.24, 2.45) is 0 Å². The normalized spacial score (nSPS) is 10.6. The first-order valence-electron chi connectivity index (χ1n) is 6.77. The Morgan fingerprint density at radius 1 is 1.32 bits per heavy atom. The van der Waals surface area contributed by atoms with Gasteiger partial charge in [0.15, 0.2) is 0 Å². The van der Waals surface area contributed by atoms with Crippen LogP contribution in [0.5, 0.6) is 0 Å². The van der Waals surface area contributed by atoms with Crippen molar-refractivity contribution in [3.05, 3.63) is 53.6 Å². The van der Waals surface area contributed by atoms with E-state index in [1.54, 1.807) is 6.20 Å². The van der Waals surface area contributed by atoms with Crippen LogP contribution in [0.25, 0.3) is 0 Å². The van der Waals surface area contributed by atoms with E-state index in [0.29, 0.717) is 12.8 Å². The van der Waals surface area contributed by atoms with E-state index in [1.807, 2.05) is 22.9 Å². The van der Waals surface area contributed by atoms with Crippen molar-refractivity contribution >= 4 is 5.78 Å². The summed E-state index contributed by atoms with van der Waals surface area (Å²) in [6.45, 7) is 5.01. The summed E-state index contributed by atoms with van der Waals surface area (Å²) in [7, 11) is 0. The minimum Gasteiger partial charge on any atom is -0.335 e. The fraction of sp³-hybridized carbons (Fsp3) is 0.375. The van der Waals surface area contributed by atoms with E-state index in [1.165, 1.54) is 11.1 Å². The number of aryl methyl sites for hydroxylation is 3. The SMILES string of the molecule is CCn1ccnc1CC(=O)CCc1ccccc1C. The molecule has 0 aliphatic rings. The fourth-order valence-electron chi connectivity index (χ4n) is 2.22. The smallest absolute Gasteiger partial charge is 0.140 e. The molecule has 3 heteroatoms. The van der Waals surface area contributed by atoms with Gasteiger partial charge in [0.05, 0.1) is 6.42 Å². The Hall–Kier alpha value is -1.90. The highest BCUT2D eigenvalue weighted by Gasteiger charge is 2.09. The van der Waals surface area contributed by atoms with Gasteiger partial charge in [-0.25, -0.2) is 4.98 Å². The van der Waals surface area contributed by atoms with Crippen LogP contribution in [0.2, 0.25) is 0 Å². The highest BCUT2D eigenvalue weighted by Crippen LogP contribution is 2.10. The van der Waals surface area contributed by atoms with Crippen molar-refractivity contribution < 1.29 is 4.79 Å². The van der Waals surface area contributed by atoms with E-state index in [9.17, 15) is 4.79 Å². The van der Waals surface area contributed by atoms with Gasteiger partial charge in [0.25, 0.3) is 0 Å². The number of carbonyl (C=O) groups is 1. The molecule has 0 spiro atoms. The molecule has 0 atom stereocenters. The third kappa shape index (κ3) is 3.53. The predicted octanol–water partition coefficient (Wildman–Crippen LogP) is 2.96. The molecular weight excluding hydrogens is 236 g/mol. The molecule has 100 valence electrons. The molecule has 3 nitrogen and oxygen atoms in total. The lowest BCUT2D eigenvalue weighted by Crippen LogP contribution is -2.10. The number of rotatable bonds is 6. The second-order valence-electron chi connectivity index (χ2n) is 4.77. The summed E-state index contributed by atoms with van der Waals surface area (Å²) in [5, 5.41) is 0. The molecule has 0 bridgehead atoms. The first kappa shape index (κ1) is 13.5. The van der Waals surface area contributed by atoms with Crippen LogP contribution in [0.15, 0.2) is 36.7 Å². The van der Waals surface area contributed by atoms with E-state index < -0.39 is 0 Å². The number of hydrogen-bond acceptors (Lipinski definition) is 2. The Morgan fingerprint density at radius 2 is 2.11 bits per heavy atom. The fourth-order valence-corrected chi connectivity index (χ4v) is 2.22. The molecule has 1 aromatic heterocycles. The molecule has 1 heterocycles. The summed E-state index contributed by atoms with van der Waals surface area (Å²) >= 11 is 0. The quantitative estimate of drug-likeness (QED) is 0.796. The minimum atomic E-state index is 0.254. The maximum atomic E-state index is 12.0. The number of hydrogen-bond donors (Lipinski definition) is 0. The zero-order valence-corrected chi connectivity index (χ0v) is 11.6. The number of imidazole rings is 1. The third-order valence-corrected chi connectivity index (χ3v) is 3.43. The molecule has 2 rings (SSSR count). The average Bonchev–Trinajstić information content (AvgIpc) is 2.85. The number of benzene rings is 1. The standard InChI is InChI=1S/C16H20N2O/c1-3-18-11-10-17-16(18)12-15(19)9-8-14-7-5-4-6-13(14)2/h4-7,10-11H,3,8-9,12H2,1-2H3. The molecule has 0 aliphatic carbocycles. The summed E-state index contributed by atoms with van der Waals surface area (Å²) in [5.74, 6) is 1.13. The molecule has 0 radical (unpaired) electrons. The van der Waals surface area contributed by atoms with Crippen molar-refractivity contribution in [1.29, 1.82) is 0 Å². The summed E-state index contributed by atoms with van der Waals surface area (Å²) in [6, 6.07) is 8.23. The van der Waals surface area contributed by atoms with E-state index in [0.717, 1.165) is 18.8 Å². The van der Waals surface area contributed by atoms with Crippen LogP contribution >= 0.6 is 0 Å². The first-order chi connectivity index (χ1) is 9.20. The van der Waals surface area contributed by atoms with Gasteiger partial charge in [0.2, 0.25) is 0 Å². The molecule has 0 amide bonds. The summed E-state index contributed by atoms with van der Waals surface area (Å²) in [6.07, 6.45) is 5.52. The molecule has 2 aromatic rings. The van der Waals surface area contributed by atoms with Crippen LogP contribution in [-0.4, -0.2) is 15.3 Å². The van der Waals surface area contributed by atoms with Gasteiger partial charge >= 0.3 is 0 Å². The van der Waals surface area contributed by atoms with Gasteiger partial charge in [0.1, 0.15) is 11.6 Å². The van der Waals surface area contributed by atoms with Gasteiger partial charge in [-0.2, -0.15) is 0 Å². The number of carbonyl (C=O) groups excluding carboxylic acids is 1. The number of ketones is 1. The Morgan fingerprint density at radius 3 is 2.84 bits per heavy atom. The second-order valence-corrected chi connectivity index (χ2v) is 4.77. The Labute approximate surface area is 114 Å². The maximum absolute atomic E-state index is 12.0. The molecule has 0 unspecified atom stereocenters. The van der Waals surface area contributed by atoms with Crippen LogP contribution in [-0.2, 0) is 24.2 Å². The van der Waals surface area contributed by atoms with E-state index in [4.69, 9.17) is 0 Å². The van der Waals surface area contributed by atoms with Crippen LogP contribution in [0.1, 0.15) is 30.3 Å². The molecule has 1 aromatic carbocycles. The Bertz CT molecular complexity index is 557. The van der Waals surface area contributed by atoms with Gasteiger partial charge < -0.3 is 4.57 Å². The zero-order valence-electron chi connectivity index (χ0n) is 11.6. The van der Waals surface area contributed by atoms with Gasteiger partial charge in [-0.05, 0) is 31.4 Å². The van der Waals surface area contributed by atoms with E-state index in [2.05, 4.69) is 31.0 Å². The highest BCUT2D eigenvalue weighted by atomic mass is 16.1. The molecule has 0 aliphatic heterocycles. The lowest BCUT2D eigenvalue weighted by atomic mass is 10.0. The summed E-state index contributed by atoms with van der Waals surface area (Å²) in [5.41, 5.74) is 2.51. The molecule has 0 saturated carbocycles. The second kappa shape index (κ2) is 6.32. The van der Waals surface area contributed by atoms with Crippen LogP contribution in [0, 0.1) is 6.92 Å². The monoisotopic (exact) mass is 256 g/mol. The zero-order chi connectivity index (χ0) is 13.7. The molecule has 0 saturated heterocycles. The Balaban J connectivity index is 1.90.